The predicted octanol–water partition coefficient (Wildman–Crippen LogP) is 3.90. The minimum atomic E-state index is -1.33. The molecule has 0 heterocycles. The number of benzene rings is 2. The van der Waals surface area contributed by atoms with Crippen molar-refractivity contribution in [3.63, 3.8) is 0 Å². The van der Waals surface area contributed by atoms with Crippen molar-refractivity contribution < 1.29 is 33.4 Å². The number of rotatable bonds is 11. The number of alkyl carbamates (subject to hydrolysis) is 1. The molecule has 2 aromatic rings. The van der Waals surface area contributed by atoms with E-state index in [2.05, 4.69) is 10.6 Å². The number of hydrogen-bond acceptors (Lipinski definition) is 7. The highest BCUT2D eigenvalue weighted by Crippen LogP contribution is 2.11. The zero-order valence-electron chi connectivity index (χ0n) is 22.0. The molecule has 2 atom stereocenters. The lowest BCUT2D eigenvalue weighted by Gasteiger charge is -2.26. The van der Waals surface area contributed by atoms with Crippen molar-refractivity contribution in [2.45, 2.75) is 71.9 Å². The van der Waals surface area contributed by atoms with Crippen LogP contribution in [0.3, 0.4) is 0 Å². The number of ether oxygens (including phenoxy) is 3. The summed E-state index contributed by atoms with van der Waals surface area (Å²) in [6.45, 7) is 8.58. The second kappa shape index (κ2) is 14.0. The highest BCUT2D eigenvalue weighted by molar-refractivity contribution is 5.92. The van der Waals surface area contributed by atoms with Gasteiger partial charge in [0, 0.05) is 0 Å². The van der Waals surface area contributed by atoms with Gasteiger partial charge >= 0.3 is 18.0 Å². The van der Waals surface area contributed by atoms with Gasteiger partial charge in [-0.25, -0.2) is 9.59 Å². The summed E-state index contributed by atoms with van der Waals surface area (Å²) in [5, 5.41) is 5.03. The van der Waals surface area contributed by atoms with Crippen LogP contribution >= 0.6 is 0 Å². The first-order chi connectivity index (χ1) is 17.4. The van der Waals surface area contributed by atoms with E-state index in [1.165, 1.54) is 0 Å². The average molecular weight is 513 g/mol. The molecule has 0 saturated heterocycles. The second-order valence-corrected chi connectivity index (χ2v) is 9.87. The fourth-order valence-electron chi connectivity index (χ4n) is 3.19. The van der Waals surface area contributed by atoms with E-state index >= 15 is 0 Å². The maximum absolute atomic E-state index is 13.2. The maximum atomic E-state index is 13.2. The average Bonchev–Trinajstić information content (AvgIpc) is 2.84. The smallest absolute Gasteiger partial charge is 0.408 e. The molecule has 37 heavy (non-hydrogen) atoms. The van der Waals surface area contributed by atoms with E-state index in [1.54, 1.807) is 46.8 Å². The molecule has 0 aromatic heterocycles. The predicted molar refractivity (Wildman–Crippen MR) is 137 cm³/mol. The van der Waals surface area contributed by atoms with Gasteiger partial charge in [-0.05, 0) is 37.8 Å². The third-order valence-electron chi connectivity index (χ3n) is 5.06. The molecule has 0 aliphatic rings. The lowest BCUT2D eigenvalue weighted by molar-refractivity contribution is -0.151. The zero-order valence-corrected chi connectivity index (χ0v) is 22.0. The van der Waals surface area contributed by atoms with Gasteiger partial charge in [0.2, 0.25) is 5.91 Å². The largest absolute Gasteiger partial charge is 0.461 e. The number of carbonyl (C=O) groups is 4. The van der Waals surface area contributed by atoms with Gasteiger partial charge in [0.15, 0.2) is 0 Å². The second-order valence-electron chi connectivity index (χ2n) is 9.87. The highest BCUT2D eigenvalue weighted by atomic mass is 16.6. The molecular formula is C28H36N2O7. The Morgan fingerprint density at radius 3 is 1.78 bits per heavy atom. The zero-order chi connectivity index (χ0) is 27.4. The van der Waals surface area contributed by atoms with Crippen molar-refractivity contribution in [3.8, 4) is 0 Å². The molecule has 2 N–H and O–H groups in total. The first-order valence-electron chi connectivity index (χ1n) is 12.1. The maximum Gasteiger partial charge on any atom is 0.408 e. The van der Waals surface area contributed by atoms with Gasteiger partial charge in [0.1, 0.15) is 30.9 Å². The van der Waals surface area contributed by atoms with Crippen molar-refractivity contribution >= 4 is 23.9 Å². The number of amides is 2. The van der Waals surface area contributed by atoms with Gasteiger partial charge < -0.3 is 24.8 Å². The van der Waals surface area contributed by atoms with E-state index in [0.717, 1.165) is 11.1 Å². The van der Waals surface area contributed by atoms with Gasteiger partial charge in [-0.1, -0.05) is 74.5 Å². The molecule has 2 amide bonds. The van der Waals surface area contributed by atoms with E-state index in [4.69, 9.17) is 14.2 Å². The summed E-state index contributed by atoms with van der Waals surface area (Å²) in [6.07, 6.45) is -1.34. The van der Waals surface area contributed by atoms with Crippen LogP contribution in [0.1, 0.15) is 52.2 Å². The molecule has 0 bridgehead atoms. The molecule has 9 nitrogen and oxygen atoms in total. The molecule has 0 spiro atoms. The fourth-order valence-corrected chi connectivity index (χ4v) is 3.19. The van der Waals surface area contributed by atoms with E-state index < -0.39 is 48.0 Å². The van der Waals surface area contributed by atoms with Crippen LogP contribution in [0.2, 0.25) is 0 Å². The van der Waals surface area contributed by atoms with E-state index in [-0.39, 0.29) is 19.1 Å². The Morgan fingerprint density at radius 1 is 0.784 bits per heavy atom. The Hall–Kier alpha value is -3.88. The summed E-state index contributed by atoms with van der Waals surface area (Å²) >= 11 is 0. The molecule has 9 heteroatoms. The number of esters is 2. The molecule has 0 fully saturated rings. The normalized spacial score (nSPS) is 12.7. The molecular weight excluding hydrogens is 476 g/mol. The first kappa shape index (κ1) is 29.4. The fraction of sp³-hybridized carbons (Fsp3) is 0.429. The van der Waals surface area contributed by atoms with Crippen LogP contribution in [0, 0.1) is 5.92 Å². The van der Waals surface area contributed by atoms with Crippen LogP contribution in [0.4, 0.5) is 4.79 Å². The Labute approximate surface area is 217 Å². The van der Waals surface area contributed by atoms with Gasteiger partial charge in [-0.3, -0.25) is 9.59 Å². The summed E-state index contributed by atoms with van der Waals surface area (Å²) in [5.74, 6) is -2.39. The van der Waals surface area contributed by atoms with Crippen LogP contribution < -0.4 is 10.6 Å². The van der Waals surface area contributed by atoms with Crippen molar-refractivity contribution in [3.05, 3.63) is 71.8 Å². The van der Waals surface area contributed by atoms with Gasteiger partial charge in [0.25, 0.3) is 0 Å². The topological polar surface area (TPSA) is 120 Å². The lowest BCUT2D eigenvalue weighted by Crippen LogP contribution is -2.54. The Morgan fingerprint density at radius 2 is 1.30 bits per heavy atom. The standard InChI is InChI=1S/C28H36N2O7/c1-19(2)24(26(33)36-18-21-14-10-7-11-15-21)30-25(32)22(29-27(34)37-28(3,4)5)16-23(31)35-17-20-12-8-6-9-13-20/h6-15,19,22,24H,16-18H2,1-5H3,(H,29,34)(H,30,32)/t22-,24-/m0/s1. The third-order valence-corrected chi connectivity index (χ3v) is 5.06. The number of carbonyl (C=O) groups excluding carboxylic acids is 4. The third kappa shape index (κ3) is 11.2. The van der Waals surface area contributed by atoms with Crippen LogP contribution in [-0.2, 0) is 41.8 Å². The first-order valence-corrected chi connectivity index (χ1v) is 12.1. The Balaban J connectivity index is 2.07. The molecule has 0 radical (unpaired) electrons. The van der Waals surface area contributed by atoms with Crippen LogP contribution in [0.25, 0.3) is 0 Å². The highest BCUT2D eigenvalue weighted by Gasteiger charge is 2.32. The molecule has 0 unspecified atom stereocenters. The summed E-state index contributed by atoms with van der Waals surface area (Å²) in [5.41, 5.74) is 0.758. The molecule has 0 aliphatic heterocycles. The monoisotopic (exact) mass is 512 g/mol. The van der Waals surface area contributed by atoms with Crippen molar-refractivity contribution in [2.75, 3.05) is 0 Å². The van der Waals surface area contributed by atoms with Crippen LogP contribution in [0.15, 0.2) is 60.7 Å². The van der Waals surface area contributed by atoms with Gasteiger partial charge in [0.05, 0.1) is 6.42 Å². The SMILES string of the molecule is CC(C)[C@H](NC(=O)[C@H](CC(=O)OCc1ccccc1)NC(=O)OC(C)(C)C)C(=O)OCc1ccccc1. The van der Waals surface area contributed by atoms with Gasteiger partial charge in [-0.2, -0.15) is 0 Å². The molecule has 0 saturated carbocycles. The molecule has 0 aliphatic carbocycles. The minimum absolute atomic E-state index is 0.0148. The number of nitrogens with one attached hydrogen (secondary N) is 2. The lowest BCUT2D eigenvalue weighted by atomic mass is 10.0. The molecule has 200 valence electrons. The summed E-state index contributed by atoms with van der Waals surface area (Å²) in [4.78, 5) is 50.8. The Kier molecular flexibility index (Phi) is 11.1. The van der Waals surface area contributed by atoms with E-state index in [1.807, 2.05) is 48.5 Å². The molecule has 2 rings (SSSR count). The van der Waals surface area contributed by atoms with Gasteiger partial charge in [-0.15, -0.1) is 0 Å². The Bertz CT molecular complexity index is 1030. The van der Waals surface area contributed by atoms with E-state index in [0.29, 0.717) is 0 Å². The van der Waals surface area contributed by atoms with Crippen molar-refractivity contribution in [1.29, 1.82) is 0 Å². The summed E-state index contributed by atoms with van der Waals surface area (Å²) in [7, 11) is 0. The van der Waals surface area contributed by atoms with E-state index in [9.17, 15) is 19.2 Å². The van der Waals surface area contributed by atoms with Crippen molar-refractivity contribution in [2.24, 2.45) is 5.92 Å². The molecule has 2 aromatic carbocycles. The number of hydrogen-bond donors (Lipinski definition) is 2. The van der Waals surface area contributed by atoms with Crippen LogP contribution in [-0.4, -0.2) is 41.6 Å². The van der Waals surface area contributed by atoms with Crippen molar-refractivity contribution in [1.82, 2.24) is 10.6 Å². The summed E-state index contributed by atoms with van der Waals surface area (Å²) in [6, 6.07) is 15.9. The quantitative estimate of drug-likeness (QED) is 0.346. The summed E-state index contributed by atoms with van der Waals surface area (Å²) < 4.78 is 15.9. The minimum Gasteiger partial charge on any atom is -0.461 e. The van der Waals surface area contributed by atoms with Crippen LogP contribution in [0.5, 0.6) is 0 Å².